The summed E-state index contributed by atoms with van der Waals surface area (Å²) in [6.45, 7) is 0.511. The first-order valence-electron chi connectivity index (χ1n) is 13.3. The highest BCUT2D eigenvalue weighted by Crippen LogP contribution is 2.36. The summed E-state index contributed by atoms with van der Waals surface area (Å²) in [5, 5.41) is 17.6. The number of nitrogens with zero attached hydrogens (tertiary/aromatic N) is 4. The van der Waals surface area contributed by atoms with Crippen LogP contribution in [0.25, 0.3) is 39.3 Å². The van der Waals surface area contributed by atoms with E-state index in [2.05, 4.69) is 20.2 Å². The molecule has 1 aliphatic heterocycles. The van der Waals surface area contributed by atoms with Crippen LogP contribution in [0.2, 0.25) is 0 Å². The average molecular weight is 555 g/mol. The van der Waals surface area contributed by atoms with Gasteiger partial charge in [0.2, 0.25) is 0 Å². The predicted molar refractivity (Wildman–Crippen MR) is 150 cm³/mol. The van der Waals surface area contributed by atoms with Crippen molar-refractivity contribution in [1.29, 1.82) is 0 Å². The van der Waals surface area contributed by atoms with Crippen LogP contribution in [-0.2, 0) is 13.0 Å². The van der Waals surface area contributed by atoms with Gasteiger partial charge in [0.15, 0.2) is 0 Å². The lowest BCUT2D eigenvalue weighted by Gasteiger charge is -2.15. The van der Waals surface area contributed by atoms with E-state index in [1.165, 1.54) is 6.07 Å². The third-order valence-corrected chi connectivity index (χ3v) is 7.51. The fraction of sp³-hybridized carbons (Fsp3) is 0.194. The number of aromatic nitrogens is 5. The Morgan fingerprint density at radius 3 is 2.78 bits per heavy atom. The molecule has 7 rings (SSSR count). The standard InChI is InChI=1S/C31H25F3N6O/c32-21-10-19(11-22(41)12-21)23-3-1-2-4-26-24(23)13-28(36-26)30-29-27(38-39-30)6-5-25(37-29)20-9-18(14-35-15-20)16-40-8-7-31(33,34)17-40/h1-3,5-6,9-15,36,41H,4,7-8,16-17H2,(H,38,39). The van der Waals surface area contributed by atoms with Crippen LogP contribution >= 0.6 is 0 Å². The van der Waals surface area contributed by atoms with Crippen LogP contribution in [0.4, 0.5) is 13.2 Å². The number of aromatic amines is 2. The smallest absolute Gasteiger partial charge is 0.261 e. The van der Waals surface area contributed by atoms with Crippen LogP contribution < -0.4 is 0 Å². The number of aromatic hydroxyl groups is 1. The molecule has 7 nitrogen and oxygen atoms in total. The first-order chi connectivity index (χ1) is 19.8. The third-order valence-electron chi connectivity index (χ3n) is 7.51. The molecule has 5 aromatic rings. The van der Waals surface area contributed by atoms with Gasteiger partial charge in [0.05, 0.1) is 23.4 Å². The van der Waals surface area contributed by atoms with Gasteiger partial charge in [-0.15, -0.1) is 0 Å². The normalized spacial score (nSPS) is 16.6. The van der Waals surface area contributed by atoms with Crippen LogP contribution in [0.5, 0.6) is 5.75 Å². The van der Waals surface area contributed by atoms with Crippen molar-refractivity contribution in [2.24, 2.45) is 0 Å². The monoisotopic (exact) mass is 554 g/mol. The van der Waals surface area contributed by atoms with E-state index < -0.39 is 11.7 Å². The molecule has 5 heterocycles. The molecule has 10 heteroatoms. The van der Waals surface area contributed by atoms with Crippen molar-refractivity contribution in [3.05, 3.63) is 101 Å². The predicted octanol–water partition coefficient (Wildman–Crippen LogP) is 6.24. The number of phenolic OH excluding ortho intramolecular Hbond substituents is 1. The molecule has 0 bridgehead atoms. The van der Waals surface area contributed by atoms with Crippen molar-refractivity contribution in [1.82, 2.24) is 30.0 Å². The van der Waals surface area contributed by atoms with Gasteiger partial charge >= 0.3 is 0 Å². The molecule has 4 aromatic heterocycles. The first-order valence-corrected chi connectivity index (χ1v) is 13.3. The van der Waals surface area contributed by atoms with E-state index >= 15 is 0 Å². The van der Waals surface area contributed by atoms with E-state index in [1.807, 2.05) is 42.5 Å². The molecule has 206 valence electrons. The number of H-pyrrole nitrogens is 2. The Hall–Kier alpha value is -4.70. The number of hydrogen-bond acceptors (Lipinski definition) is 5. The maximum Gasteiger partial charge on any atom is 0.261 e. The van der Waals surface area contributed by atoms with Crippen LogP contribution in [0.15, 0.2) is 73.1 Å². The van der Waals surface area contributed by atoms with E-state index in [0.29, 0.717) is 42.0 Å². The molecule has 2 aliphatic rings. The Balaban J connectivity index is 1.23. The second-order valence-electron chi connectivity index (χ2n) is 10.5. The number of pyridine rings is 2. The second-order valence-corrected chi connectivity index (χ2v) is 10.5. The number of halogens is 3. The Bertz CT molecular complexity index is 1830. The Morgan fingerprint density at radius 2 is 1.95 bits per heavy atom. The van der Waals surface area contributed by atoms with Gasteiger partial charge in [0, 0.05) is 61.2 Å². The third kappa shape index (κ3) is 4.91. The lowest BCUT2D eigenvalue weighted by Crippen LogP contribution is -2.24. The molecule has 1 saturated heterocycles. The number of benzene rings is 1. The van der Waals surface area contributed by atoms with Gasteiger partial charge in [-0.1, -0.05) is 18.2 Å². The molecule has 1 aliphatic carbocycles. The zero-order chi connectivity index (χ0) is 28.1. The highest BCUT2D eigenvalue weighted by molar-refractivity contribution is 5.92. The van der Waals surface area contributed by atoms with E-state index in [4.69, 9.17) is 4.98 Å². The van der Waals surface area contributed by atoms with Crippen molar-refractivity contribution >= 4 is 16.6 Å². The largest absolute Gasteiger partial charge is 0.508 e. The number of phenols is 1. The molecule has 0 spiro atoms. The fourth-order valence-corrected chi connectivity index (χ4v) is 5.61. The lowest BCUT2D eigenvalue weighted by molar-refractivity contribution is 0.0115. The number of rotatable bonds is 5. The van der Waals surface area contributed by atoms with E-state index in [1.54, 1.807) is 23.4 Å². The van der Waals surface area contributed by atoms with Gasteiger partial charge in [0.25, 0.3) is 5.92 Å². The molecule has 1 fully saturated rings. The molecular formula is C31H25F3N6O. The van der Waals surface area contributed by atoms with Crippen LogP contribution in [0.3, 0.4) is 0 Å². The lowest BCUT2D eigenvalue weighted by atomic mass is 9.97. The number of allylic oxidation sites excluding steroid dienone is 3. The van der Waals surface area contributed by atoms with Gasteiger partial charge in [-0.05, 0) is 53.1 Å². The highest BCUT2D eigenvalue weighted by atomic mass is 19.3. The summed E-state index contributed by atoms with van der Waals surface area (Å²) in [5.74, 6) is -3.30. The van der Waals surface area contributed by atoms with Gasteiger partial charge in [-0.3, -0.25) is 15.0 Å². The minimum Gasteiger partial charge on any atom is -0.508 e. The Kier molecular flexibility index (Phi) is 6.01. The summed E-state index contributed by atoms with van der Waals surface area (Å²) < 4.78 is 41.4. The van der Waals surface area contributed by atoms with Crippen molar-refractivity contribution < 1.29 is 18.3 Å². The summed E-state index contributed by atoms with van der Waals surface area (Å²) >= 11 is 0. The summed E-state index contributed by atoms with van der Waals surface area (Å²) in [5.41, 5.74) is 8.26. The molecule has 3 N–H and O–H groups in total. The van der Waals surface area contributed by atoms with Crippen LogP contribution in [0.1, 0.15) is 28.8 Å². The molecule has 0 radical (unpaired) electrons. The fourth-order valence-electron chi connectivity index (χ4n) is 5.61. The molecule has 0 atom stereocenters. The van der Waals surface area contributed by atoms with Crippen LogP contribution in [-0.4, -0.2) is 54.2 Å². The number of alkyl halides is 2. The van der Waals surface area contributed by atoms with E-state index in [-0.39, 0.29) is 18.7 Å². The maximum absolute atomic E-state index is 14.1. The SMILES string of the molecule is Oc1cc(F)cc(C2=CC=CCc3[nH]c(-c4n[nH]c5ccc(-c6cncc(CN7CCC(F)(F)C7)c6)nc45)cc32)c1. The molecule has 0 saturated carbocycles. The first kappa shape index (κ1) is 25.3. The zero-order valence-corrected chi connectivity index (χ0v) is 21.8. The van der Waals surface area contributed by atoms with E-state index in [0.717, 1.165) is 45.2 Å². The molecule has 1 aromatic carbocycles. The van der Waals surface area contributed by atoms with Crippen molar-refractivity contribution in [2.75, 3.05) is 13.1 Å². The molecular weight excluding hydrogens is 529 g/mol. The van der Waals surface area contributed by atoms with Crippen molar-refractivity contribution in [3.63, 3.8) is 0 Å². The zero-order valence-electron chi connectivity index (χ0n) is 21.8. The average Bonchev–Trinajstić information content (AvgIpc) is 3.60. The maximum atomic E-state index is 14.1. The minimum absolute atomic E-state index is 0.123. The molecule has 0 unspecified atom stereocenters. The summed E-state index contributed by atoms with van der Waals surface area (Å²) in [6, 6.07) is 11.7. The molecule has 41 heavy (non-hydrogen) atoms. The second kappa shape index (κ2) is 9.74. The summed E-state index contributed by atoms with van der Waals surface area (Å²) in [7, 11) is 0. The van der Waals surface area contributed by atoms with Crippen molar-refractivity contribution in [2.45, 2.75) is 25.3 Å². The number of fused-ring (bicyclic) bond motifs is 2. The quantitative estimate of drug-likeness (QED) is 0.239. The Labute approximate surface area is 233 Å². The molecule has 0 amide bonds. The van der Waals surface area contributed by atoms with Gasteiger partial charge in [-0.2, -0.15) is 5.10 Å². The number of hydrogen-bond donors (Lipinski definition) is 3. The van der Waals surface area contributed by atoms with Crippen molar-refractivity contribution in [3.8, 4) is 28.4 Å². The van der Waals surface area contributed by atoms with Crippen LogP contribution in [0, 0.1) is 5.82 Å². The number of nitrogens with one attached hydrogen (secondary N) is 2. The number of likely N-dealkylation sites (tertiary alicyclic amines) is 1. The summed E-state index contributed by atoms with van der Waals surface area (Å²) in [4.78, 5) is 14.5. The Morgan fingerprint density at radius 1 is 1.05 bits per heavy atom. The van der Waals surface area contributed by atoms with Gasteiger partial charge < -0.3 is 10.1 Å². The van der Waals surface area contributed by atoms with Gasteiger partial charge in [-0.25, -0.2) is 18.2 Å². The highest BCUT2D eigenvalue weighted by Gasteiger charge is 2.38. The topological polar surface area (TPSA) is 93.7 Å². The minimum atomic E-state index is -2.64. The summed E-state index contributed by atoms with van der Waals surface area (Å²) in [6.07, 6.45) is 9.75. The van der Waals surface area contributed by atoms with E-state index in [9.17, 15) is 18.3 Å². The van der Waals surface area contributed by atoms with Gasteiger partial charge in [0.1, 0.15) is 22.8 Å².